The Morgan fingerprint density at radius 3 is 1.17 bits per heavy atom. The Morgan fingerprint density at radius 2 is 0.622 bits per heavy atom. The van der Waals surface area contributed by atoms with Gasteiger partial charge < -0.3 is 16.0 Å². The van der Waals surface area contributed by atoms with Gasteiger partial charge in [0.05, 0.1) is 0 Å². The second-order valence-electron chi connectivity index (χ2n) is 23.4. The van der Waals surface area contributed by atoms with E-state index in [2.05, 4.69) is 345 Å². The molecule has 0 radical (unpaired) electrons. The number of allylic oxidation sites excluding steroid dienone is 4. The van der Waals surface area contributed by atoms with Crippen LogP contribution in [0.4, 0.5) is 34.1 Å². The summed E-state index contributed by atoms with van der Waals surface area (Å²) in [4.78, 5) is 0. The van der Waals surface area contributed by atoms with Crippen LogP contribution in [0, 0.1) is 0 Å². The van der Waals surface area contributed by atoms with Crippen molar-refractivity contribution in [3.8, 4) is 77.9 Å². The second-order valence-corrected chi connectivity index (χ2v) is 23.4. The zero-order valence-electron chi connectivity index (χ0n) is 50.8. The smallest absolute Gasteiger partial charge is 0.0390 e. The number of benzene rings is 13. The third-order valence-electron chi connectivity index (χ3n) is 17.1. The summed E-state index contributed by atoms with van der Waals surface area (Å²) in [5, 5.41) is 10.5. The van der Waals surface area contributed by atoms with Gasteiger partial charge in [0.1, 0.15) is 0 Å². The first-order valence-electron chi connectivity index (χ1n) is 31.2. The predicted molar refractivity (Wildman–Crippen MR) is 384 cm³/mol. The fourth-order valence-corrected chi connectivity index (χ4v) is 12.4. The molecule has 0 heterocycles. The van der Waals surface area contributed by atoms with Crippen molar-refractivity contribution in [3.63, 3.8) is 0 Å². The summed E-state index contributed by atoms with van der Waals surface area (Å²) in [7, 11) is 0. The highest BCUT2D eigenvalue weighted by molar-refractivity contribution is 5.86. The quantitative estimate of drug-likeness (QED) is 0.108. The number of anilines is 6. The number of hydrogen-bond donors (Lipinski definition) is 3. The van der Waals surface area contributed by atoms with Gasteiger partial charge >= 0.3 is 0 Å². The van der Waals surface area contributed by atoms with E-state index >= 15 is 0 Å². The third-order valence-corrected chi connectivity index (χ3v) is 17.1. The molecule has 2 aliphatic carbocycles. The van der Waals surface area contributed by atoms with Gasteiger partial charge in [-0.05, 0) is 180 Å². The molecule has 0 aromatic heterocycles. The van der Waals surface area contributed by atoms with Crippen molar-refractivity contribution in [2.24, 2.45) is 0 Å². The molecule has 0 bridgehead atoms. The van der Waals surface area contributed by atoms with Crippen LogP contribution in [0.15, 0.2) is 358 Å². The summed E-state index contributed by atoms with van der Waals surface area (Å²) in [6.45, 7) is 4.66. The summed E-state index contributed by atoms with van der Waals surface area (Å²) >= 11 is 0. The van der Waals surface area contributed by atoms with Gasteiger partial charge in [0.25, 0.3) is 0 Å². The average molecular weight is 1160 g/mol. The summed E-state index contributed by atoms with van der Waals surface area (Å²) < 4.78 is 0. The molecule has 0 spiro atoms. The number of nitrogens with one attached hydrogen (secondary N) is 3. The summed E-state index contributed by atoms with van der Waals surface area (Å²) in [5.74, 6) is 0.451. The Hall–Kier alpha value is -11.3. The minimum absolute atomic E-state index is 0.0384. The van der Waals surface area contributed by atoms with Crippen LogP contribution < -0.4 is 16.0 Å². The van der Waals surface area contributed by atoms with Gasteiger partial charge in [-0.3, -0.25) is 0 Å². The van der Waals surface area contributed by atoms with Crippen LogP contribution in [0.1, 0.15) is 42.9 Å². The Labute approximate surface area is 531 Å². The lowest BCUT2D eigenvalue weighted by atomic mass is 9.81. The molecule has 1 atom stereocenters. The molecular weight excluding hydrogens is 1090 g/mol. The highest BCUT2D eigenvalue weighted by atomic mass is 14.9. The highest BCUT2D eigenvalue weighted by Crippen LogP contribution is 2.49. The molecule has 15 rings (SSSR count). The Bertz CT molecular complexity index is 4550. The fraction of sp³-hybridized carbons (Fsp3) is 0.0575. The number of rotatable bonds is 13. The van der Waals surface area contributed by atoms with E-state index in [1.165, 1.54) is 94.6 Å². The molecule has 0 fully saturated rings. The first kappa shape index (κ1) is 57.8. The summed E-state index contributed by atoms with van der Waals surface area (Å²) in [6.07, 6.45) is 9.89. The normalized spacial score (nSPS) is 13.1. The Kier molecular flexibility index (Phi) is 17.5. The minimum Gasteiger partial charge on any atom is -0.356 e. The maximum atomic E-state index is 3.54. The van der Waals surface area contributed by atoms with Crippen LogP contribution in [0.5, 0.6) is 0 Å². The topological polar surface area (TPSA) is 36.1 Å². The lowest BCUT2D eigenvalue weighted by Crippen LogP contribution is -2.14. The van der Waals surface area contributed by atoms with Crippen LogP contribution in [0.25, 0.3) is 77.9 Å². The molecule has 0 saturated carbocycles. The molecule has 3 nitrogen and oxygen atoms in total. The summed E-state index contributed by atoms with van der Waals surface area (Å²) in [6, 6.07) is 118. The van der Waals surface area contributed by atoms with Crippen LogP contribution >= 0.6 is 0 Å². The number of para-hydroxylation sites is 2. The first-order valence-corrected chi connectivity index (χ1v) is 31.2. The summed E-state index contributed by atoms with van der Waals surface area (Å²) in [5.41, 5.74) is 28.5. The lowest BCUT2D eigenvalue weighted by Gasteiger charge is -2.22. The van der Waals surface area contributed by atoms with E-state index in [-0.39, 0.29) is 5.41 Å². The molecule has 3 N–H and O–H groups in total. The van der Waals surface area contributed by atoms with Gasteiger partial charge in [0.15, 0.2) is 0 Å². The zero-order chi connectivity index (χ0) is 60.9. The van der Waals surface area contributed by atoms with Crippen molar-refractivity contribution in [3.05, 3.63) is 375 Å². The van der Waals surface area contributed by atoms with Crippen LogP contribution in [-0.2, 0) is 5.41 Å². The van der Waals surface area contributed by atoms with Crippen molar-refractivity contribution < 1.29 is 0 Å². The maximum Gasteiger partial charge on any atom is 0.0390 e. The van der Waals surface area contributed by atoms with Crippen molar-refractivity contribution in [2.75, 3.05) is 16.0 Å². The monoisotopic (exact) mass is 1160 g/mol. The fourth-order valence-electron chi connectivity index (χ4n) is 12.4. The van der Waals surface area contributed by atoms with Crippen molar-refractivity contribution in [2.45, 2.75) is 31.6 Å². The minimum atomic E-state index is 0.0384. The first-order chi connectivity index (χ1) is 44.4. The van der Waals surface area contributed by atoms with Gasteiger partial charge in [-0.2, -0.15) is 0 Å². The molecule has 13 aromatic carbocycles. The van der Waals surface area contributed by atoms with E-state index in [1.807, 2.05) is 42.5 Å². The Morgan fingerprint density at radius 1 is 0.256 bits per heavy atom. The molecule has 434 valence electrons. The van der Waals surface area contributed by atoms with Crippen molar-refractivity contribution in [1.29, 1.82) is 0 Å². The van der Waals surface area contributed by atoms with E-state index in [4.69, 9.17) is 0 Å². The van der Waals surface area contributed by atoms with Crippen molar-refractivity contribution in [1.82, 2.24) is 0 Å². The molecule has 13 aromatic rings. The van der Waals surface area contributed by atoms with Gasteiger partial charge in [-0.25, -0.2) is 0 Å². The molecule has 90 heavy (non-hydrogen) atoms. The molecule has 0 saturated heterocycles. The van der Waals surface area contributed by atoms with E-state index in [0.717, 1.165) is 40.5 Å². The zero-order valence-corrected chi connectivity index (χ0v) is 50.8. The number of hydrogen-bond acceptors (Lipinski definition) is 3. The predicted octanol–water partition coefficient (Wildman–Crippen LogP) is 24.2. The number of fused-ring (bicyclic) bond motifs is 3. The molecular formula is C87H71N3. The molecule has 0 aliphatic heterocycles. The van der Waals surface area contributed by atoms with Crippen LogP contribution in [0.3, 0.4) is 0 Å². The third kappa shape index (κ3) is 13.5. The van der Waals surface area contributed by atoms with Crippen molar-refractivity contribution >= 4 is 34.1 Å². The average Bonchev–Trinajstić information content (AvgIpc) is 1.81. The van der Waals surface area contributed by atoms with Gasteiger partial charge in [-0.15, -0.1) is 0 Å². The Balaban J connectivity index is 0.000000127. The molecule has 0 amide bonds. The maximum absolute atomic E-state index is 3.54. The van der Waals surface area contributed by atoms with E-state index < -0.39 is 0 Å². The van der Waals surface area contributed by atoms with Gasteiger partial charge in [-0.1, -0.05) is 293 Å². The largest absolute Gasteiger partial charge is 0.356 e. The van der Waals surface area contributed by atoms with Crippen LogP contribution in [0.2, 0.25) is 0 Å². The van der Waals surface area contributed by atoms with E-state index in [0.29, 0.717) is 5.92 Å². The van der Waals surface area contributed by atoms with E-state index in [9.17, 15) is 0 Å². The van der Waals surface area contributed by atoms with E-state index in [1.54, 1.807) is 0 Å². The molecule has 1 unspecified atom stereocenters. The van der Waals surface area contributed by atoms with Gasteiger partial charge in [0, 0.05) is 45.5 Å². The molecule has 3 heteroatoms. The second kappa shape index (κ2) is 27.2. The lowest BCUT2D eigenvalue weighted by molar-refractivity contribution is 0.660. The van der Waals surface area contributed by atoms with Crippen LogP contribution in [-0.4, -0.2) is 0 Å². The standard InChI is InChI=1S/C36H27N.C27H23N.C24H21N/c1-3-9-27(10-4-1)28-15-17-29(18-16-28)30-19-23-33(24-20-30)37-34-25-21-32(22-26-34)36-14-8-7-13-35(36)31-11-5-2-6-12-31;1-27(2)25-11-7-6-10-23(25)24-17-14-20(18-26(24)27)19-12-15-22(16-13-19)28-21-8-4-3-5-9-21;1-3-10-19(11-4-1)23-16-7-8-17-24(23)20-12-9-15-22(18-20)25-21-13-5-2-6-14-21/h1-26,37H;3-18,28H,1-2H3;1-10,12-19,25H,11H2. The SMILES string of the molecule is C1=CCC(c2ccccc2-c2cccc(Nc3ccccc3)c2)C=C1.CC1(C)c2ccccc2-c2ccc(-c3ccc(Nc4ccccc4)cc3)cc21.c1ccc(-c2ccc(-c3ccc(Nc4ccc(-c5ccccc5-c5ccccc5)cc4)cc3)cc2)cc1. The molecule has 2 aliphatic rings. The van der Waals surface area contributed by atoms with Gasteiger partial charge in [0.2, 0.25) is 0 Å². The highest BCUT2D eigenvalue weighted by Gasteiger charge is 2.35.